The van der Waals surface area contributed by atoms with E-state index in [1.807, 2.05) is 20.8 Å². The number of anilines is 1. The second-order valence-corrected chi connectivity index (χ2v) is 9.61. The Labute approximate surface area is 175 Å². The van der Waals surface area contributed by atoms with Crippen molar-refractivity contribution >= 4 is 33.1 Å². The molecule has 3 rings (SSSR count). The molecule has 2 aromatic carbocycles. The molecular weight excluding hydrogens is 410 g/mol. The zero-order valence-electron chi connectivity index (χ0n) is 16.2. The summed E-state index contributed by atoms with van der Waals surface area (Å²) in [5.74, 6) is -0.485. The monoisotopic (exact) mass is 429 g/mol. The van der Waals surface area contributed by atoms with Crippen LogP contribution in [0.2, 0.25) is 5.02 Å². The Hall–Kier alpha value is -2.77. The molecule has 0 saturated carbocycles. The summed E-state index contributed by atoms with van der Waals surface area (Å²) in [7, 11) is -3.91. The number of nitrogens with one attached hydrogen (secondary N) is 1. The quantitative estimate of drug-likeness (QED) is 0.605. The van der Waals surface area contributed by atoms with Gasteiger partial charge < -0.3 is 0 Å². The number of halogens is 1. The normalized spacial score (nSPS) is 11.9. The molecule has 150 valence electrons. The molecule has 0 fully saturated rings. The second kappa shape index (κ2) is 7.93. The van der Waals surface area contributed by atoms with Crippen molar-refractivity contribution in [1.29, 1.82) is 0 Å². The van der Waals surface area contributed by atoms with Crippen LogP contribution in [0.1, 0.15) is 42.4 Å². The molecule has 1 heterocycles. The van der Waals surface area contributed by atoms with Crippen molar-refractivity contribution in [2.75, 3.05) is 4.72 Å². The molecule has 0 amide bonds. The predicted octanol–water partition coefficient (Wildman–Crippen LogP) is 4.46. The molecule has 0 radical (unpaired) electrons. The molecule has 29 heavy (non-hydrogen) atoms. The minimum Gasteiger partial charge on any atom is -0.287 e. The minimum atomic E-state index is -3.91. The Morgan fingerprint density at radius 1 is 1.03 bits per heavy atom. The minimum absolute atomic E-state index is 0.0877. The Balaban J connectivity index is 1.96. The van der Waals surface area contributed by atoms with Gasteiger partial charge in [0.05, 0.1) is 16.8 Å². The maximum Gasteiger partial charge on any atom is 0.261 e. The average molecular weight is 430 g/mol. The SMILES string of the molecule is CC(C)(C)c1ccc(S(=O)(=O)Nc2ccc(Cl)cc2C(=O)c2cnccn2)cc1. The number of sulfonamides is 1. The predicted molar refractivity (Wildman–Crippen MR) is 113 cm³/mol. The highest BCUT2D eigenvalue weighted by Gasteiger charge is 2.22. The van der Waals surface area contributed by atoms with Crippen LogP contribution in [0.25, 0.3) is 0 Å². The van der Waals surface area contributed by atoms with Gasteiger partial charge in [-0.05, 0) is 41.3 Å². The van der Waals surface area contributed by atoms with Gasteiger partial charge >= 0.3 is 0 Å². The highest BCUT2D eigenvalue weighted by atomic mass is 35.5. The molecule has 1 N–H and O–H groups in total. The van der Waals surface area contributed by atoms with Crippen molar-refractivity contribution in [2.45, 2.75) is 31.1 Å². The maximum absolute atomic E-state index is 12.9. The van der Waals surface area contributed by atoms with Crippen LogP contribution in [0, 0.1) is 0 Å². The van der Waals surface area contributed by atoms with E-state index in [2.05, 4.69) is 14.7 Å². The summed E-state index contributed by atoms with van der Waals surface area (Å²) >= 11 is 6.03. The first-order valence-corrected chi connectivity index (χ1v) is 10.7. The van der Waals surface area contributed by atoms with Crippen LogP contribution in [0.3, 0.4) is 0 Å². The molecule has 0 aliphatic rings. The van der Waals surface area contributed by atoms with Crippen molar-refractivity contribution in [2.24, 2.45) is 0 Å². The third kappa shape index (κ3) is 4.81. The van der Waals surface area contributed by atoms with Gasteiger partial charge in [-0.2, -0.15) is 0 Å². The molecule has 0 saturated heterocycles. The lowest BCUT2D eigenvalue weighted by molar-refractivity contribution is 0.103. The Morgan fingerprint density at radius 3 is 2.31 bits per heavy atom. The van der Waals surface area contributed by atoms with E-state index >= 15 is 0 Å². The third-order valence-electron chi connectivity index (χ3n) is 4.30. The van der Waals surface area contributed by atoms with E-state index in [-0.39, 0.29) is 27.3 Å². The molecule has 0 unspecified atom stereocenters. The number of hydrogen-bond acceptors (Lipinski definition) is 5. The molecule has 0 atom stereocenters. The smallest absolute Gasteiger partial charge is 0.261 e. The standard InChI is InChI=1S/C21H20ClN3O3S/c1-21(2,3)14-4-7-16(8-5-14)29(27,28)25-18-9-6-15(22)12-17(18)20(26)19-13-23-10-11-24-19/h4-13,25H,1-3H3. The van der Waals surface area contributed by atoms with E-state index in [0.717, 1.165) is 5.56 Å². The van der Waals surface area contributed by atoms with E-state index in [9.17, 15) is 13.2 Å². The first kappa shape index (κ1) is 21.0. The zero-order valence-corrected chi connectivity index (χ0v) is 17.8. The Morgan fingerprint density at radius 2 is 1.72 bits per heavy atom. The van der Waals surface area contributed by atoms with Crippen LogP contribution in [0.5, 0.6) is 0 Å². The van der Waals surface area contributed by atoms with Crippen LogP contribution >= 0.6 is 11.6 Å². The number of nitrogens with zero attached hydrogens (tertiary/aromatic N) is 2. The number of rotatable bonds is 5. The maximum atomic E-state index is 12.9. The molecule has 1 aromatic heterocycles. The largest absolute Gasteiger partial charge is 0.287 e. The highest BCUT2D eigenvalue weighted by Crippen LogP contribution is 2.27. The summed E-state index contributed by atoms with van der Waals surface area (Å²) < 4.78 is 28.2. The summed E-state index contributed by atoms with van der Waals surface area (Å²) in [5, 5.41) is 0.301. The van der Waals surface area contributed by atoms with Crippen LogP contribution in [0.15, 0.2) is 66.0 Å². The van der Waals surface area contributed by atoms with E-state index < -0.39 is 15.8 Å². The lowest BCUT2D eigenvalue weighted by Gasteiger charge is -2.19. The lowest BCUT2D eigenvalue weighted by atomic mass is 9.87. The fraction of sp³-hybridized carbons (Fsp3) is 0.190. The van der Waals surface area contributed by atoms with E-state index in [4.69, 9.17) is 11.6 Å². The number of benzene rings is 2. The Kier molecular flexibility index (Phi) is 5.73. The van der Waals surface area contributed by atoms with Crippen molar-refractivity contribution in [1.82, 2.24) is 9.97 Å². The molecular formula is C21H20ClN3O3S. The molecule has 8 heteroatoms. The second-order valence-electron chi connectivity index (χ2n) is 7.49. The van der Waals surface area contributed by atoms with Gasteiger partial charge in [-0.15, -0.1) is 0 Å². The van der Waals surface area contributed by atoms with Gasteiger partial charge in [0.2, 0.25) is 5.78 Å². The summed E-state index contributed by atoms with van der Waals surface area (Å²) in [6, 6.07) is 11.0. The molecule has 0 spiro atoms. The van der Waals surface area contributed by atoms with Gasteiger partial charge in [0.25, 0.3) is 10.0 Å². The molecule has 0 bridgehead atoms. The topological polar surface area (TPSA) is 89.0 Å². The molecule has 0 aliphatic heterocycles. The van der Waals surface area contributed by atoms with Gasteiger partial charge in [-0.25, -0.2) is 13.4 Å². The number of carbonyl (C=O) groups excluding carboxylic acids is 1. The highest BCUT2D eigenvalue weighted by molar-refractivity contribution is 7.92. The van der Waals surface area contributed by atoms with E-state index in [0.29, 0.717) is 5.02 Å². The molecule has 6 nitrogen and oxygen atoms in total. The van der Waals surface area contributed by atoms with Crippen LogP contribution in [-0.2, 0) is 15.4 Å². The van der Waals surface area contributed by atoms with Crippen molar-refractivity contribution in [3.63, 3.8) is 0 Å². The fourth-order valence-corrected chi connectivity index (χ4v) is 3.94. The van der Waals surface area contributed by atoms with Gasteiger partial charge in [-0.3, -0.25) is 14.5 Å². The average Bonchev–Trinajstić information content (AvgIpc) is 2.69. The third-order valence-corrected chi connectivity index (χ3v) is 5.91. The van der Waals surface area contributed by atoms with E-state index in [1.165, 1.54) is 36.8 Å². The van der Waals surface area contributed by atoms with E-state index in [1.54, 1.807) is 24.3 Å². The lowest BCUT2D eigenvalue weighted by Crippen LogP contribution is -2.17. The summed E-state index contributed by atoms with van der Waals surface area (Å²) in [5.41, 5.74) is 1.21. The van der Waals surface area contributed by atoms with Gasteiger partial charge in [0.15, 0.2) is 0 Å². The summed E-state index contributed by atoms with van der Waals surface area (Å²) in [6.07, 6.45) is 4.14. The number of aromatic nitrogens is 2. The van der Waals surface area contributed by atoms with Crippen molar-refractivity contribution in [3.8, 4) is 0 Å². The van der Waals surface area contributed by atoms with Gasteiger partial charge in [0.1, 0.15) is 5.69 Å². The summed E-state index contributed by atoms with van der Waals surface area (Å²) in [6.45, 7) is 6.15. The zero-order chi connectivity index (χ0) is 21.2. The Bertz CT molecular complexity index is 1140. The van der Waals surface area contributed by atoms with Crippen LogP contribution < -0.4 is 4.72 Å². The van der Waals surface area contributed by atoms with Gasteiger partial charge in [0, 0.05) is 23.0 Å². The van der Waals surface area contributed by atoms with Crippen LogP contribution in [-0.4, -0.2) is 24.2 Å². The first-order valence-electron chi connectivity index (χ1n) is 8.81. The van der Waals surface area contributed by atoms with Crippen LogP contribution in [0.4, 0.5) is 5.69 Å². The van der Waals surface area contributed by atoms with Gasteiger partial charge in [-0.1, -0.05) is 44.5 Å². The first-order chi connectivity index (χ1) is 13.6. The number of hydrogen-bond donors (Lipinski definition) is 1. The number of ketones is 1. The fourth-order valence-electron chi connectivity index (χ4n) is 2.69. The molecule has 3 aromatic rings. The number of carbonyl (C=O) groups is 1. The van der Waals surface area contributed by atoms with Crippen molar-refractivity contribution in [3.05, 3.63) is 82.9 Å². The summed E-state index contributed by atoms with van der Waals surface area (Å²) in [4.78, 5) is 20.8. The molecule has 0 aliphatic carbocycles. The van der Waals surface area contributed by atoms with Crippen molar-refractivity contribution < 1.29 is 13.2 Å².